The highest BCUT2D eigenvalue weighted by atomic mass is 79.9. The van der Waals surface area contributed by atoms with E-state index in [0.29, 0.717) is 11.6 Å². The van der Waals surface area contributed by atoms with Gasteiger partial charge in [0.25, 0.3) is 0 Å². The highest BCUT2D eigenvalue weighted by molar-refractivity contribution is 9.10. The number of hydrogen-bond acceptors (Lipinski definition) is 3. The molecule has 2 aromatic carbocycles. The second-order valence-corrected chi connectivity index (χ2v) is 7.61. The Kier molecular flexibility index (Phi) is 6.00. The lowest BCUT2D eigenvalue weighted by Crippen LogP contribution is -2.14. The first-order chi connectivity index (χ1) is 12.1. The Balaban J connectivity index is 1.62. The average molecular weight is 415 g/mol. The van der Waals surface area contributed by atoms with Gasteiger partial charge in [0, 0.05) is 15.4 Å². The van der Waals surface area contributed by atoms with Gasteiger partial charge < -0.3 is 5.32 Å². The van der Waals surface area contributed by atoms with Crippen molar-refractivity contribution >= 4 is 38.3 Å². The number of amides is 1. The van der Waals surface area contributed by atoms with Gasteiger partial charge in [-0.15, -0.1) is 11.3 Å². The number of benzene rings is 2. The molecule has 0 aliphatic heterocycles. The van der Waals surface area contributed by atoms with Crippen LogP contribution in [0.15, 0.2) is 58.4 Å². The van der Waals surface area contributed by atoms with Crippen LogP contribution in [0.25, 0.3) is 11.3 Å². The molecule has 5 heteroatoms. The lowest BCUT2D eigenvalue weighted by molar-refractivity contribution is -0.115. The Hall–Kier alpha value is -1.98. The van der Waals surface area contributed by atoms with E-state index < -0.39 is 0 Å². The molecule has 1 amide bonds. The molecule has 0 spiro atoms. The number of carbonyl (C=O) groups is 1. The van der Waals surface area contributed by atoms with Gasteiger partial charge in [0.05, 0.1) is 12.1 Å². The molecule has 0 aliphatic carbocycles. The fourth-order valence-corrected chi connectivity index (χ4v) is 3.55. The zero-order chi connectivity index (χ0) is 17.6. The number of aryl methyl sites for hydroxylation is 1. The molecule has 1 N–H and O–H groups in total. The van der Waals surface area contributed by atoms with Crippen LogP contribution < -0.4 is 5.32 Å². The van der Waals surface area contributed by atoms with E-state index in [-0.39, 0.29) is 5.91 Å². The van der Waals surface area contributed by atoms with E-state index in [1.54, 1.807) is 0 Å². The zero-order valence-corrected chi connectivity index (χ0v) is 16.4. The number of thiazole rings is 1. The first-order valence-corrected chi connectivity index (χ1v) is 9.90. The number of hydrogen-bond donors (Lipinski definition) is 1. The molecule has 3 rings (SSSR count). The van der Waals surface area contributed by atoms with Crippen molar-refractivity contribution < 1.29 is 4.79 Å². The molecule has 0 saturated heterocycles. The summed E-state index contributed by atoms with van der Waals surface area (Å²) in [6, 6.07) is 16.2. The standard InChI is InChI=1S/C20H19BrN2OS/c1-2-3-14-4-8-16(9-5-14)18-13-25-20(22-18)23-19(24)12-15-6-10-17(21)11-7-15/h4-11,13H,2-3,12H2,1H3,(H,22,23,24). The fraction of sp³-hybridized carbons (Fsp3) is 0.200. The molecular formula is C20H19BrN2OS. The molecule has 0 unspecified atom stereocenters. The van der Waals surface area contributed by atoms with E-state index in [1.165, 1.54) is 16.9 Å². The minimum atomic E-state index is -0.0542. The second kappa shape index (κ2) is 8.41. The predicted octanol–water partition coefficient (Wildman–Crippen LogP) is 5.71. The Morgan fingerprint density at radius 1 is 1.08 bits per heavy atom. The summed E-state index contributed by atoms with van der Waals surface area (Å²) in [5, 5.41) is 5.49. The van der Waals surface area contributed by atoms with Gasteiger partial charge in [-0.05, 0) is 29.7 Å². The summed E-state index contributed by atoms with van der Waals surface area (Å²) in [6.07, 6.45) is 2.58. The topological polar surface area (TPSA) is 42.0 Å². The van der Waals surface area contributed by atoms with E-state index in [9.17, 15) is 4.79 Å². The lowest BCUT2D eigenvalue weighted by atomic mass is 10.1. The van der Waals surface area contributed by atoms with Crippen LogP contribution in [-0.4, -0.2) is 10.9 Å². The van der Waals surface area contributed by atoms with Crippen LogP contribution in [0.2, 0.25) is 0 Å². The SMILES string of the molecule is CCCc1ccc(-c2csc(NC(=O)Cc3ccc(Br)cc3)n2)cc1. The Morgan fingerprint density at radius 3 is 2.44 bits per heavy atom. The van der Waals surface area contributed by atoms with Crippen molar-refractivity contribution in [2.75, 3.05) is 5.32 Å². The van der Waals surface area contributed by atoms with E-state index in [0.717, 1.165) is 34.1 Å². The maximum atomic E-state index is 12.2. The van der Waals surface area contributed by atoms with Gasteiger partial charge in [-0.25, -0.2) is 4.98 Å². The van der Waals surface area contributed by atoms with E-state index >= 15 is 0 Å². The number of aromatic nitrogens is 1. The molecule has 0 saturated carbocycles. The summed E-state index contributed by atoms with van der Waals surface area (Å²) in [4.78, 5) is 16.7. The van der Waals surface area contributed by atoms with Crippen LogP contribution in [0, 0.1) is 0 Å². The number of anilines is 1. The minimum Gasteiger partial charge on any atom is -0.302 e. The number of carbonyl (C=O) groups excluding carboxylic acids is 1. The average Bonchev–Trinajstić information content (AvgIpc) is 3.06. The predicted molar refractivity (Wildman–Crippen MR) is 108 cm³/mol. The van der Waals surface area contributed by atoms with Crippen LogP contribution in [0.1, 0.15) is 24.5 Å². The quantitative estimate of drug-likeness (QED) is 0.561. The summed E-state index contributed by atoms with van der Waals surface area (Å²) >= 11 is 4.84. The van der Waals surface area contributed by atoms with Gasteiger partial charge in [0.15, 0.2) is 5.13 Å². The van der Waals surface area contributed by atoms with Crippen LogP contribution in [0.5, 0.6) is 0 Å². The van der Waals surface area contributed by atoms with Gasteiger partial charge in [0.1, 0.15) is 0 Å². The molecule has 0 bridgehead atoms. The lowest BCUT2D eigenvalue weighted by Gasteiger charge is -2.03. The van der Waals surface area contributed by atoms with E-state index in [2.05, 4.69) is 57.4 Å². The van der Waals surface area contributed by atoms with E-state index in [1.807, 2.05) is 29.6 Å². The zero-order valence-electron chi connectivity index (χ0n) is 14.0. The number of rotatable bonds is 6. The monoisotopic (exact) mass is 414 g/mol. The van der Waals surface area contributed by atoms with Crippen LogP contribution >= 0.6 is 27.3 Å². The third-order valence-electron chi connectivity index (χ3n) is 3.82. The van der Waals surface area contributed by atoms with Crippen LogP contribution in [0.4, 0.5) is 5.13 Å². The minimum absolute atomic E-state index is 0.0542. The molecule has 0 radical (unpaired) electrons. The highest BCUT2D eigenvalue weighted by Gasteiger charge is 2.09. The van der Waals surface area contributed by atoms with Crippen LogP contribution in [0.3, 0.4) is 0 Å². The van der Waals surface area contributed by atoms with Crippen molar-refractivity contribution in [1.82, 2.24) is 4.98 Å². The number of halogens is 1. The molecular weight excluding hydrogens is 396 g/mol. The molecule has 25 heavy (non-hydrogen) atoms. The second-order valence-electron chi connectivity index (χ2n) is 5.84. The van der Waals surface area contributed by atoms with Crippen molar-refractivity contribution in [1.29, 1.82) is 0 Å². The molecule has 3 nitrogen and oxygen atoms in total. The molecule has 0 aliphatic rings. The van der Waals surface area contributed by atoms with Gasteiger partial charge in [-0.3, -0.25) is 4.79 Å². The van der Waals surface area contributed by atoms with Crippen LogP contribution in [-0.2, 0) is 17.6 Å². The molecule has 3 aromatic rings. The Bertz CT molecular complexity index is 841. The smallest absolute Gasteiger partial charge is 0.230 e. The van der Waals surface area contributed by atoms with Gasteiger partial charge in [-0.2, -0.15) is 0 Å². The van der Waals surface area contributed by atoms with Gasteiger partial charge >= 0.3 is 0 Å². The largest absolute Gasteiger partial charge is 0.302 e. The van der Waals surface area contributed by atoms with E-state index in [4.69, 9.17) is 0 Å². The Morgan fingerprint density at radius 2 is 1.76 bits per heavy atom. The summed E-state index contributed by atoms with van der Waals surface area (Å²) < 4.78 is 1.01. The summed E-state index contributed by atoms with van der Waals surface area (Å²) in [6.45, 7) is 2.18. The van der Waals surface area contributed by atoms with Gasteiger partial charge in [-0.1, -0.05) is 65.7 Å². The maximum absolute atomic E-state index is 12.2. The van der Waals surface area contributed by atoms with Crippen molar-refractivity contribution in [2.45, 2.75) is 26.2 Å². The highest BCUT2D eigenvalue weighted by Crippen LogP contribution is 2.25. The normalized spacial score (nSPS) is 10.6. The molecule has 128 valence electrons. The van der Waals surface area contributed by atoms with Crippen molar-refractivity contribution in [3.63, 3.8) is 0 Å². The van der Waals surface area contributed by atoms with Crippen molar-refractivity contribution in [3.8, 4) is 11.3 Å². The number of nitrogens with one attached hydrogen (secondary N) is 1. The van der Waals surface area contributed by atoms with Crippen molar-refractivity contribution in [2.24, 2.45) is 0 Å². The summed E-state index contributed by atoms with van der Waals surface area (Å²) in [5.74, 6) is -0.0542. The summed E-state index contributed by atoms with van der Waals surface area (Å²) in [5.41, 5.74) is 4.28. The summed E-state index contributed by atoms with van der Waals surface area (Å²) in [7, 11) is 0. The number of nitrogens with zero attached hydrogens (tertiary/aromatic N) is 1. The molecule has 0 fully saturated rings. The molecule has 0 atom stereocenters. The maximum Gasteiger partial charge on any atom is 0.230 e. The molecule has 1 aromatic heterocycles. The fourth-order valence-electron chi connectivity index (χ4n) is 2.55. The first-order valence-electron chi connectivity index (χ1n) is 8.23. The third kappa shape index (κ3) is 5.00. The third-order valence-corrected chi connectivity index (χ3v) is 5.10. The Labute approximate surface area is 160 Å². The van der Waals surface area contributed by atoms with Gasteiger partial charge in [0.2, 0.25) is 5.91 Å². The van der Waals surface area contributed by atoms with Crippen molar-refractivity contribution in [3.05, 3.63) is 69.5 Å². The first kappa shape index (κ1) is 17.8. The molecule has 1 heterocycles.